The Bertz CT molecular complexity index is 789. The average Bonchev–Trinajstić information content (AvgIpc) is 3.01. The summed E-state index contributed by atoms with van der Waals surface area (Å²) in [7, 11) is 0. The molecule has 0 saturated carbocycles. The number of imidazole rings is 1. The Balaban J connectivity index is 1.70. The number of aliphatic hydroxyl groups is 1. The second-order valence-electron chi connectivity index (χ2n) is 5.50. The van der Waals surface area contributed by atoms with Gasteiger partial charge in [-0.1, -0.05) is 54.2 Å². The zero-order valence-corrected chi connectivity index (χ0v) is 14.0. The van der Waals surface area contributed by atoms with E-state index >= 15 is 0 Å². The van der Waals surface area contributed by atoms with Crippen LogP contribution < -0.4 is 0 Å². The van der Waals surface area contributed by atoms with Crippen LogP contribution in [0, 0.1) is 5.82 Å². The molecular weight excluding hydrogens is 323 g/mol. The van der Waals surface area contributed by atoms with Crippen LogP contribution in [0.5, 0.6) is 0 Å². The van der Waals surface area contributed by atoms with Gasteiger partial charge in [-0.2, -0.15) is 0 Å². The maximum absolute atomic E-state index is 13.3. The molecule has 24 heavy (non-hydrogen) atoms. The SMILES string of the molecule is OCc1cnc(SCc2cccc(F)c2)n1CCc1ccccc1. The Kier molecular flexibility index (Phi) is 5.67. The molecule has 0 aliphatic heterocycles. The minimum absolute atomic E-state index is 0.0394. The van der Waals surface area contributed by atoms with E-state index in [0.29, 0.717) is 5.75 Å². The normalized spacial score (nSPS) is 10.9. The van der Waals surface area contributed by atoms with Crippen molar-refractivity contribution in [2.24, 2.45) is 0 Å². The minimum atomic E-state index is -0.225. The van der Waals surface area contributed by atoms with E-state index in [9.17, 15) is 9.50 Å². The molecule has 5 heteroatoms. The molecule has 0 bridgehead atoms. The number of benzene rings is 2. The third-order valence-electron chi connectivity index (χ3n) is 3.79. The maximum atomic E-state index is 13.3. The smallest absolute Gasteiger partial charge is 0.168 e. The molecule has 1 heterocycles. The van der Waals surface area contributed by atoms with Crippen molar-refractivity contribution in [2.45, 2.75) is 30.5 Å². The van der Waals surface area contributed by atoms with Crippen molar-refractivity contribution in [3.05, 3.63) is 83.4 Å². The molecule has 124 valence electrons. The lowest BCUT2D eigenvalue weighted by atomic mass is 10.1. The van der Waals surface area contributed by atoms with E-state index in [1.807, 2.05) is 28.8 Å². The van der Waals surface area contributed by atoms with Crippen LogP contribution in [0.2, 0.25) is 0 Å². The highest BCUT2D eigenvalue weighted by atomic mass is 32.2. The van der Waals surface area contributed by atoms with Gasteiger partial charge in [-0.3, -0.25) is 0 Å². The first-order valence-electron chi connectivity index (χ1n) is 7.82. The minimum Gasteiger partial charge on any atom is -0.390 e. The number of aliphatic hydroxyl groups excluding tert-OH is 1. The summed E-state index contributed by atoms with van der Waals surface area (Å²) < 4.78 is 15.3. The van der Waals surface area contributed by atoms with Crippen LogP contribution in [-0.2, 0) is 25.3 Å². The second-order valence-corrected chi connectivity index (χ2v) is 6.44. The van der Waals surface area contributed by atoms with Crippen LogP contribution in [-0.4, -0.2) is 14.7 Å². The summed E-state index contributed by atoms with van der Waals surface area (Å²) >= 11 is 1.55. The van der Waals surface area contributed by atoms with Crippen LogP contribution in [0.25, 0.3) is 0 Å². The van der Waals surface area contributed by atoms with E-state index in [1.165, 1.54) is 17.7 Å². The van der Waals surface area contributed by atoms with E-state index in [1.54, 1.807) is 24.0 Å². The highest BCUT2D eigenvalue weighted by Crippen LogP contribution is 2.24. The van der Waals surface area contributed by atoms with Crippen molar-refractivity contribution in [3.8, 4) is 0 Å². The Morgan fingerprint density at radius 3 is 2.58 bits per heavy atom. The number of hydrogen-bond acceptors (Lipinski definition) is 3. The summed E-state index contributed by atoms with van der Waals surface area (Å²) in [6.07, 6.45) is 2.58. The quantitative estimate of drug-likeness (QED) is 0.658. The van der Waals surface area contributed by atoms with Gasteiger partial charge < -0.3 is 9.67 Å². The van der Waals surface area contributed by atoms with E-state index in [4.69, 9.17) is 0 Å². The molecule has 3 aromatic rings. The molecule has 1 N–H and O–H groups in total. The molecule has 0 aliphatic carbocycles. The molecule has 3 rings (SSSR count). The molecule has 0 atom stereocenters. The van der Waals surface area contributed by atoms with Crippen LogP contribution >= 0.6 is 11.8 Å². The third-order valence-corrected chi connectivity index (χ3v) is 4.85. The fourth-order valence-corrected chi connectivity index (χ4v) is 3.50. The van der Waals surface area contributed by atoms with Crippen molar-refractivity contribution in [1.82, 2.24) is 9.55 Å². The predicted molar refractivity (Wildman–Crippen MR) is 94.3 cm³/mol. The number of nitrogens with zero attached hydrogens (tertiary/aromatic N) is 2. The lowest BCUT2D eigenvalue weighted by Crippen LogP contribution is -2.07. The molecular formula is C19H19FN2OS. The molecule has 0 amide bonds. The topological polar surface area (TPSA) is 38.1 Å². The molecule has 2 aromatic carbocycles. The number of halogens is 1. The van der Waals surface area contributed by atoms with E-state index in [0.717, 1.165) is 29.4 Å². The monoisotopic (exact) mass is 342 g/mol. The van der Waals surface area contributed by atoms with Crippen molar-refractivity contribution in [1.29, 1.82) is 0 Å². The van der Waals surface area contributed by atoms with E-state index in [-0.39, 0.29) is 12.4 Å². The number of aryl methyl sites for hydroxylation is 1. The third kappa shape index (κ3) is 4.24. The lowest BCUT2D eigenvalue weighted by molar-refractivity contribution is 0.269. The van der Waals surface area contributed by atoms with Gasteiger partial charge in [0.1, 0.15) is 5.82 Å². The molecule has 0 saturated heterocycles. The van der Waals surface area contributed by atoms with Gasteiger partial charge in [0.2, 0.25) is 0 Å². The van der Waals surface area contributed by atoms with Crippen molar-refractivity contribution in [2.75, 3.05) is 0 Å². The lowest BCUT2D eigenvalue weighted by Gasteiger charge is -2.11. The van der Waals surface area contributed by atoms with Gasteiger partial charge in [0.25, 0.3) is 0 Å². The summed E-state index contributed by atoms with van der Waals surface area (Å²) in [6, 6.07) is 16.8. The highest BCUT2D eigenvalue weighted by Gasteiger charge is 2.10. The summed E-state index contributed by atoms with van der Waals surface area (Å²) in [5.74, 6) is 0.418. The number of thioether (sulfide) groups is 1. The number of rotatable bonds is 7. The van der Waals surface area contributed by atoms with Gasteiger partial charge in [0.05, 0.1) is 18.5 Å². The first-order chi connectivity index (χ1) is 11.8. The fraction of sp³-hybridized carbons (Fsp3) is 0.211. The standard InChI is InChI=1S/C19H19FN2OS/c20-17-8-4-7-16(11-17)14-24-19-21-12-18(13-23)22(19)10-9-15-5-2-1-3-6-15/h1-8,11-12,23H,9-10,13-14H2. The van der Waals surface area contributed by atoms with E-state index in [2.05, 4.69) is 17.1 Å². The molecule has 0 spiro atoms. The van der Waals surface area contributed by atoms with Gasteiger partial charge in [-0.05, 0) is 29.7 Å². The summed E-state index contributed by atoms with van der Waals surface area (Å²) in [4.78, 5) is 4.41. The van der Waals surface area contributed by atoms with Gasteiger partial charge in [-0.25, -0.2) is 9.37 Å². The summed E-state index contributed by atoms with van der Waals surface area (Å²) in [5.41, 5.74) is 2.96. The zero-order valence-electron chi connectivity index (χ0n) is 13.2. The van der Waals surface area contributed by atoms with Crippen LogP contribution in [0.15, 0.2) is 66.0 Å². The Hall–Kier alpha value is -2.11. The first-order valence-corrected chi connectivity index (χ1v) is 8.81. The number of hydrogen-bond donors (Lipinski definition) is 1. The van der Waals surface area contributed by atoms with Gasteiger partial charge in [-0.15, -0.1) is 0 Å². The maximum Gasteiger partial charge on any atom is 0.168 e. The van der Waals surface area contributed by atoms with Gasteiger partial charge >= 0.3 is 0 Å². The molecule has 0 unspecified atom stereocenters. The largest absolute Gasteiger partial charge is 0.390 e. The zero-order chi connectivity index (χ0) is 16.8. The molecule has 0 aliphatic rings. The van der Waals surface area contributed by atoms with Gasteiger partial charge in [0, 0.05) is 12.3 Å². The highest BCUT2D eigenvalue weighted by molar-refractivity contribution is 7.98. The van der Waals surface area contributed by atoms with Crippen LogP contribution in [0.4, 0.5) is 4.39 Å². The molecule has 1 aromatic heterocycles. The molecule has 0 radical (unpaired) electrons. The van der Waals surface area contributed by atoms with Gasteiger partial charge in [0.15, 0.2) is 5.16 Å². The first kappa shape index (κ1) is 16.7. The van der Waals surface area contributed by atoms with Crippen LogP contribution in [0.1, 0.15) is 16.8 Å². The Labute approximate surface area is 145 Å². The fourth-order valence-electron chi connectivity index (χ4n) is 2.53. The Morgan fingerprint density at radius 2 is 1.83 bits per heavy atom. The van der Waals surface area contributed by atoms with E-state index < -0.39 is 0 Å². The van der Waals surface area contributed by atoms with Crippen molar-refractivity contribution >= 4 is 11.8 Å². The van der Waals surface area contributed by atoms with Crippen molar-refractivity contribution in [3.63, 3.8) is 0 Å². The average molecular weight is 342 g/mol. The molecule has 3 nitrogen and oxygen atoms in total. The summed E-state index contributed by atoms with van der Waals surface area (Å²) in [6.45, 7) is 0.716. The van der Waals surface area contributed by atoms with Crippen molar-refractivity contribution < 1.29 is 9.50 Å². The second kappa shape index (κ2) is 8.13. The Morgan fingerprint density at radius 1 is 1.04 bits per heavy atom. The predicted octanol–water partition coefficient (Wildman–Crippen LogP) is 4.05. The number of aromatic nitrogens is 2. The molecule has 0 fully saturated rings. The van der Waals surface area contributed by atoms with Crippen LogP contribution in [0.3, 0.4) is 0 Å². The summed E-state index contributed by atoms with van der Waals surface area (Å²) in [5, 5.41) is 10.4.